The predicted molar refractivity (Wildman–Crippen MR) is 118 cm³/mol. The van der Waals surface area contributed by atoms with Gasteiger partial charge in [-0.3, -0.25) is 14.7 Å². The van der Waals surface area contributed by atoms with Crippen molar-refractivity contribution >= 4 is 28.4 Å². The molecule has 1 saturated heterocycles. The van der Waals surface area contributed by atoms with Crippen LogP contribution in [0.15, 0.2) is 48.5 Å². The minimum absolute atomic E-state index is 0.111. The molecule has 0 unspecified atom stereocenters. The fraction of sp³-hybridized carbons (Fsp3) is 0.333. The van der Waals surface area contributed by atoms with Crippen molar-refractivity contribution in [2.75, 3.05) is 26.2 Å². The van der Waals surface area contributed by atoms with Crippen LogP contribution in [0.25, 0.3) is 10.9 Å². The fourth-order valence-electron chi connectivity index (χ4n) is 4.00. The summed E-state index contributed by atoms with van der Waals surface area (Å²) in [5.41, 5.74) is 4.92. The number of fused-ring (bicyclic) bond motifs is 1. The van der Waals surface area contributed by atoms with Gasteiger partial charge in [-0.05, 0) is 56.2 Å². The summed E-state index contributed by atoms with van der Waals surface area (Å²) >= 11 is 5.99. The van der Waals surface area contributed by atoms with Gasteiger partial charge in [0.1, 0.15) is 0 Å². The number of nitrogens with zero attached hydrogens (tertiary/aromatic N) is 3. The summed E-state index contributed by atoms with van der Waals surface area (Å²) in [4.78, 5) is 22.4. The number of carbonyl (C=O) groups excluding carboxylic acids is 1. The number of pyridine rings is 1. The summed E-state index contributed by atoms with van der Waals surface area (Å²) in [6.07, 6.45) is 0.973. The van der Waals surface area contributed by atoms with E-state index < -0.39 is 0 Å². The van der Waals surface area contributed by atoms with E-state index in [-0.39, 0.29) is 5.91 Å². The van der Waals surface area contributed by atoms with E-state index in [4.69, 9.17) is 11.6 Å². The monoisotopic (exact) mass is 407 g/mol. The molecule has 4 rings (SSSR count). The Balaban J connectivity index is 1.51. The summed E-state index contributed by atoms with van der Waals surface area (Å²) in [7, 11) is 0. The number of benzene rings is 2. The first kappa shape index (κ1) is 19.9. The van der Waals surface area contributed by atoms with Crippen molar-refractivity contribution in [3.63, 3.8) is 0 Å². The summed E-state index contributed by atoms with van der Waals surface area (Å²) in [6, 6.07) is 16.1. The maximum absolute atomic E-state index is 13.4. The highest BCUT2D eigenvalue weighted by Crippen LogP contribution is 2.22. The van der Waals surface area contributed by atoms with Gasteiger partial charge in [0.2, 0.25) is 0 Å². The molecule has 4 nitrogen and oxygen atoms in total. The Bertz CT molecular complexity index is 1030. The second-order valence-electron chi connectivity index (χ2n) is 7.88. The third kappa shape index (κ3) is 4.60. The van der Waals surface area contributed by atoms with E-state index in [1.165, 1.54) is 5.56 Å². The third-order valence-electron chi connectivity index (χ3n) is 5.52. The summed E-state index contributed by atoms with van der Waals surface area (Å²) in [5.74, 6) is 0.111. The van der Waals surface area contributed by atoms with Crippen molar-refractivity contribution in [3.8, 4) is 0 Å². The van der Waals surface area contributed by atoms with Crippen LogP contribution in [-0.4, -0.2) is 46.9 Å². The Morgan fingerprint density at radius 2 is 1.79 bits per heavy atom. The molecule has 0 aliphatic carbocycles. The largest absolute Gasteiger partial charge is 0.337 e. The van der Waals surface area contributed by atoms with Crippen molar-refractivity contribution < 1.29 is 4.79 Å². The topological polar surface area (TPSA) is 36.4 Å². The number of hydrogen-bond acceptors (Lipinski definition) is 3. The van der Waals surface area contributed by atoms with Crippen LogP contribution in [0.4, 0.5) is 0 Å². The standard InChI is InChI=1S/C24H26ClN3O/c1-17-4-9-23-21(14-17)22(15-18(2)26-23)24(29)28-11-3-10-27(12-13-28)16-19-5-7-20(25)8-6-19/h4-9,14-15H,3,10-13,16H2,1-2H3. The summed E-state index contributed by atoms with van der Waals surface area (Å²) in [5, 5.41) is 1.71. The zero-order valence-electron chi connectivity index (χ0n) is 17.0. The second-order valence-corrected chi connectivity index (χ2v) is 8.32. The second kappa shape index (κ2) is 8.52. The zero-order chi connectivity index (χ0) is 20.4. The van der Waals surface area contributed by atoms with Gasteiger partial charge in [0.15, 0.2) is 0 Å². The average Bonchev–Trinajstić information content (AvgIpc) is 2.94. The maximum atomic E-state index is 13.4. The molecule has 2 aromatic carbocycles. The molecule has 1 amide bonds. The molecule has 1 aliphatic heterocycles. The number of aromatic nitrogens is 1. The molecule has 150 valence electrons. The van der Waals surface area contributed by atoms with E-state index in [1.807, 2.05) is 49.1 Å². The van der Waals surface area contributed by atoms with Crippen LogP contribution in [0, 0.1) is 13.8 Å². The molecule has 0 saturated carbocycles. The van der Waals surface area contributed by atoms with Gasteiger partial charge in [0, 0.05) is 48.8 Å². The Labute approximate surface area is 177 Å². The minimum atomic E-state index is 0.111. The van der Waals surface area contributed by atoms with E-state index in [1.54, 1.807) is 0 Å². The molecule has 0 radical (unpaired) electrons. The summed E-state index contributed by atoms with van der Waals surface area (Å²) < 4.78 is 0. The van der Waals surface area contributed by atoms with Crippen LogP contribution in [0.1, 0.15) is 33.6 Å². The number of carbonyl (C=O) groups is 1. The van der Waals surface area contributed by atoms with Gasteiger partial charge in [-0.2, -0.15) is 0 Å². The van der Waals surface area contributed by atoms with E-state index in [2.05, 4.69) is 28.1 Å². The Hall–Kier alpha value is -2.43. The molecule has 29 heavy (non-hydrogen) atoms. The minimum Gasteiger partial charge on any atom is -0.337 e. The molecule has 1 aromatic heterocycles. The molecule has 0 atom stereocenters. The molecule has 1 fully saturated rings. The van der Waals surface area contributed by atoms with Crippen LogP contribution >= 0.6 is 11.6 Å². The van der Waals surface area contributed by atoms with Crippen LogP contribution in [0.5, 0.6) is 0 Å². The Kier molecular flexibility index (Phi) is 5.84. The molecule has 0 bridgehead atoms. The summed E-state index contributed by atoms with van der Waals surface area (Å²) in [6.45, 7) is 8.26. The van der Waals surface area contributed by atoms with Crippen molar-refractivity contribution in [2.24, 2.45) is 0 Å². The predicted octanol–water partition coefficient (Wildman–Crippen LogP) is 4.85. The van der Waals surface area contributed by atoms with Crippen molar-refractivity contribution in [1.29, 1.82) is 0 Å². The lowest BCUT2D eigenvalue weighted by molar-refractivity contribution is 0.0763. The molecule has 5 heteroatoms. The smallest absolute Gasteiger partial charge is 0.254 e. The number of aryl methyl sites for hydroxylation is 2. The number of hydrogen-bond donors (Lipinski definition) is 0. The molecule has 0 N–H and O–H groups in total. The van der Waals surface area contributed by atoms with Gasteiger partial charge in [-0.25, -0.2) is 0 Å². The third-order valence-corrected chi connectivity index (χ3v) is 5.77. The van der Waals surface area contributed by atoms with Crippen molar-refractivity contribution in [1.82, 2.24) is 14.8 Å². The molecule has 1 aliphatic rings. The lowest BCUT2D eigenvalue weighted by Crippen LogP contribution is -2.35. The molecular weight excluding hydrogens is 382 g/mol. The van der Waals surface area contributed by atoms with Gasteiger partial charge in [0.05, 0.1) is 11.1 Å². The highest BCUT2D eigenvalue weighted by molar-refractivity contribution is 6.30. The number of amides is 1. The van der Waals surface area contributed by atoms with E-state index in [0.717, 1.165) is 71.9 Å². The molecule has 0 spiro atoms. The first-order chi connectivity index (χ1) is 14.0. The van der Waals surface area contributed by atoms with Crippen LogP contribution in [-0.2, 0) is 6.54 Å². The van der Waals surface area contributed by atoms with Gasteiger partial charge in [0.25, 0.3) is 5.91 Å². The quantitative estimate of drug-likeness (QED) is 0.622. The van der Waals surface area contributed by atoms with Crippen LogP contribution in [0.2, 0.25) is 5.02 Å². The van der Waals surface area contributed by atoms with Crippen molar-refractivity contribution in [2.45, 2.75) is 26.8 Å². The van der Waals surface area contributed by atoms with E-state index >= 15 is 0 Å². The van der Waals surface area contributed by atoms with Gasteiger partial charge in [-0.1, -0.05) is 35.4 Å². The Morgan fingerprint density at radius 1 is 1.00 bits per heavy atom. The Morgan fingerprint density at radius 3 is 2.59 bits per heavy atom. The van der Waals surface area contributed by atoms with Crippen LogP contribution < -0.4 is 0 Å². The highest BCUT2D eigenvalue weighted by atomic mass is 35.5. The van der Waals surface area contributed by atoms with Crippen LogP contribution in [0.3, 0.4) is 0 Å². The van der Waals surface area contributed by atoms with E-state index in [0.29, 0.717) is 0 Å². The number of halogens is 1. The zero-order valence-corrected chi connectivity index (χ0v) is 17.7. The molecule has 3 aromatic rings. The normalized spacial score (nSPS) is 15.5. The fourth-order valence-corrected chi connectivity index (χ4v) is 4.13. The lowest BCUT2D eigenvalue weighted by Gasteiger charge is -2.23. The average molecular weight is 408 g/mol. The van der Waals surface area contributed by atoms with E-state index in [9.17, 15) is 4.79 Å². The SMILES string of the molecule is Cc1ccc2nc(C)cc(C(=O)N3CCCN(Cc4ccc(Cl)cc4)CC3)c2c1. The first-order valence-corrected chi connectivity index (χ1v) is 10.5. The maximum Gasteiger partial charge on any atom is 0.254 e. The molecular formula is C24H26ClN3O. The van der Waals surface area contributed by atoms with Gasteiger partial charge < -0.3 is 4.90 Å². The molecule has 2 heterocycles. The van der Waals surface area contributed by atoms with Gasteiger partial charge in [-0.15, -0.1) is 0 Å². The van der Waals surface area contributed by atoms with Crippen molar-refractivity contribution in [3.05, 3.63) is 75.9 Å². The highest BCUT2D eigenvalue weighted by Gasteiger charge is 2.22. The lowest BCUT2D eigenvalue weighted by atomic mass is 10.0. The first-order valence-electron chi connectivity index (χ1n) is 10.1. The van der Waals surface area contributed by atoms with Gasteiger partial charge >= 0.3 is 0 Å². The number of rotatable bonds is 3.